The van der Waals surface area contributed by atoms with E-state index in [2.05, 4.69) is 329 Å². The first-order chi connectivity index (χ1) is 47.2. The Labute approximate surface area is 585 Å². The van der Waals surface area contributed by atoms with E-state index in [4.69, 9.17) is 15.0 Å². The van der Waals surface area contributed by atoms with Crippen LogP contribution in [0.1, 0.15) is 76.0 Å². The summed E-state index contributed by atoms with van der Waals surface area (Å²) in [4.78, 5) is 14.1. The third kappa shape index (κ3) is 14.8. The molecule has 97 heavy (non-hydrogen) atoms. The van der Waals surface area contributed by atoms with E-state index in [1.54, 1.807) is 0 Å². The zero-order chi connectivity index (χ0) is 65.7. The van der Waals surface area contributed by atoms with Crippen LogP contribution in [-0.2, 0) is 20.1 Å². The molecule has 0 unspecified atom stereocenters. The first kappa shape index (κ1) is 66.0. The van der Waals surface area contributed by atoms with Gasteiger partial charge < -0.3 is 13.7 Å². The molecule has 0 bridgehead atoms. The average molecular weight is 1430 g/mol. The zero-order valence-electron chi connectivity index (χ0n) is 55.4. The van der Waals surface area contributed by atoms with Crippen LogP contribution in [0.25, 0.3) is 118 Å². The molecule has 0 aliphatic rings. The van der Waals surface area contributed by atoms with Crippen LogP contribution in [0.2, 0.25) is 0 Å². The standard InChI is InChI=1S/3C30H25N2.Ir/c3*1-22(2)27-20-26(23-12-6-3-7-13-23)21-28(24-14-8-4-9-15-24)29(27)32-19-18-31-30(32)25-16-10-5-11-17-25;/h3*3-16,18-22H,1-2H3;/q3*-1;+3. The third-order valence-corrected chi connectivity index (χ3v) is 17.4. The van der Waals surface area contributed by atoms with Gasteiger partial charge in [0.2, 0.25) is 0 Å². The molecule has 6 nitrogen and oxygen atoms in total. The molecule has 12 aromatic carbocycles. The second-order valence-electron chi connectivity index (χ2n) is 24.7. The Morgan fingerprint density at radius 1 is 0.258 bits per heavy atom. The van der Waals surface area contributed by atoms with Crippen molar-refractivity contribution >= 4 is 0 Å². The fourth-order valence-corrected chi connectivity index (χ4v) is 12.6. The maximum absolute atomic E-state index is 4.71. The van der Waals surface area contributed by atoms with Gasteiger partial charge in [0, 0.05) is 70.9 Å². The molecule has 0 N–H and O–H groups in total. The van der Waals surface area contributed by atoms with Gasteiger partial charge in [-0.05, 0) is 121 Å². The minimum atomic E-state index is 0. The van der Waals surface area contributed by atoms with E-state index in [1.807, 2.05) is 73.2 Å². The monoisotopic (exact) mass is 1430 g/mol. The van der Waals surface area contributed by atoms with E-state index in [-0.39, 0.29) is 20.1 Å². The molecule has 0 spiro atoms. The number of hydrogen-bond donors (Lipinski definition) is 0. The Kier molecular flexibility index (Phi) is 21.1. The van der Waals surface area contributed by atoms with Crippen LogP contribution in [0.4, 0.5) is 0 Å². The first-order valence-electron chi connectivity index (χ1n) is 33.1. The van der Waals surface area contributed by atoms with Crippen LogP contribution in [-0.4, -0.2) is 28.7 Å². The fraction of sp³-hybridized carbons (Fsp3) is 0.100. The normalized spacial score (nSPS) is 11.0. The molecule has 3 heterocycles. The van der Waals surface area contributed by atoms with Crippen molar-refractivity contribution in [1.29, 1.82) is 0 Å². The quantitative estimate of drug-likeness (QED) is 0.0961. The minimum Gasteiger partial charge on any atom is -0.339 e. The van der Waals surface area contributed by atoms with Crippen molar-refractivity contribution in [1.82, 2.24) is 28.7 Å². The summed E-state index contributed by atoms with van der Waals surface area (Å²) in [7, 11) is 0. The van der Waals surface area contributed by atoms with Crippen LogP contribution in [0.3, 0.4) is 0 Å². The van der Waals surface area contributed by atoms with Gasteiger partial charge in [0.15, 0.2) is 0 Å². The van der Waals surface area contributed by atoms with Gasteiger partial charge in [-0.2, -0.15) is 0 Å². The van der Waals surface area contributed by atoms with Crippen molar-refractivity contribution < 1.29 is 20.1 Å². The SMILES string of the molecule is CC(C)c1cc(-c2ccccc2)cc(-c2ccccc2)c1-n1ccnc1-c1[c-]cccc1.CC(C)c1cc(-c2ccccc2)cc(-c2ccccc2)c1-n1ccnc1-c1[c-]cccc1.CC(C)c1cc(-c2ccccc2)cc(-c2ccccc2)c1-n1ccnc1-c1[c-]cccc1.[Ir+3]. The number of rotatable bonds is 15. The predicted molar refractivity (Wildman–Crippen MR) is 398 cm³/mol. The van der Waals surface area contributed by atoms with Crippen molar-refractivity contribution in [3.8, 4) is 118 Å². The maximum atomic E-state index is 4.71. The molecule has 15 rings (SSSR count). The Morgan fingerprint density at radius 3 is 0.701 bits per heavy atom. The topological polar surface area (TPSA) is 53.5 Å². The maximum Gasteiger partial charge on any atom is 3.00 e. The molecule has 0 radical (unpaired) electrons. The van der Waals surface area contributed by atoms with Crippen molar-refractivity contribution in [2.45, 2.75) is 59.3 Å². The summed E-state index contributed by atoms with van der Waals surface area (Å²) in [6, 6.07) is 112. The number of hydrogen-bond acceptors (Lipinski definition) is 3. The number of benzene rings is 12. The van der Waals surface area contributed by atoms with Gasteiger partial charge in [0.25, 0.3) is 0 Å². The van der Waals surface area contributed by atoms with Crippen LogP contribution in [0.5, 0.6) is 0 Å². The first-order valence-corrected chi connectivity index (χ1v) is 33.1. The molecular formula is C90H75IrN6. The third-order valence-electron chi connectivity index (χ3n) is 17.4. The van der Waals surface area contributed by atoms with E-state index in [0.717, 1.165) is 34.2 Å². The second kappa shape index (κ2) is 31.0. The van der Waals surface area contributed by atoms with Crippen molar-refractivity contribution in [3.63, 3.8) is 0 Å². The molecule has 15 aromatic rings. The summed E-state index contributed by atoms with van der Waals surface area (Å²) < 4.78 is 6.66. The summed E-state index contributed by atoms with van der Waals surface area (Å²) in [5, 5.41) is 0. The van der Waals surface area contributed by atoms with Crippen LogP contribution in [0.15, 0.2) is 328 Å². The summed E-state index contributed by atoms with van der Waals surface area (Å²) in [6.45, 7) is 13.5. The van der Waals surface area contributed by atoms with Crippen molar-refractivity contribution in [2.24, 2.45) is 0 Å². The Bertz CT molecular complexity index is 4470. The van der Waals surface area contributed by atoms with Gasteiger partial charge >= 0.3 is 20.1 Å². The molecular weight excluding hydrogens is 1360 g/mol. The summed E-state index contributed by atoms with van der Waals surface area (Å²) in [6.07, 6.45) is 11.8. The minimum absolute atomic E-state index is 0. The molecule has 474 valence electrons. The van der Waals surface area contributed by atoms with E-state index in [1.165, 1.54) is 101 Å². The van der Waals surface area contributed by atoms with Crippen LogP contribution < -0.4 is 0 Å². The molecule has 7 heteroatoms. The van der Waals surface area contributed by atoms with Gasteiger partial charge in [-0.1, -0.05) is 224 Å². The van der Waals surface area contributed by atoms with Gasteiger partial charge in [0.05, 0.1) is 17.5 Å². The fourth-order valence-electron chi connectivity index (χ4n) is 12.6. The Balaban J connectivity index is 0.000000138. The number of imidazole rings is 3. The average Bonchev–Trinajstić information content (AvgIpc) is 1.76. The van der Waals surface area contributed by atoms with Crippen LogP contribution in [0, 0.1) is 18.2 Å². The Morgan fingerprint density at radius 2 is 0.485 bits per heavy atom. The van der Waals surface area contributed by atoms with Gasteiger partial charge in [-0.25, -0.2) is 0 Å². The molecule has 0 aliphatic carbocycles. The van der Waals surface area contributed by atoms with E-state index < -0.39 is 0 Å². The number of aromatic nitrogens is 6. The van der Waals surface area contributed by atoms with Gasteiger partial charge in [-0.3, -0.25) is 15.0 Å². The van der Waals surface area contributed by atoms with Crippen molar-refractivity contribution in [2.75, 3.05) is 0 Å². The van der Waals surface area contributed by atoms with Gasteiger partial charge in [-0.15, -0.1) is 108 Å². The second-order valence-corrected chi connectivity index (χ2v) is 24.7. The molecule has 0 aliphatic heterocycles. The van der Waals surface area contributed by atoms with Gasteiger partial charge in [0.1, 0.15) is 0 Å². The van der Waals surface area contributed by atoms with E-state index >= 15 is 0 Å². The smallest absolute Gasteiger partial charge is 0.339 e. The Hall–Kier alpha value is -11.1. The largest absolute Gasteiger partial charge is 3.00 e. The molecule has 0 saturated carbocycles. The molecule has 3 aromatic heterocycles. The van der Waals surface area contributed by atoms with Crippen molar-refractivity contribution in [3.05, 3.63) is 363 Å². The van der Waals surface area contributed by atoms with E-state index in [9.17, 15) is 0 Å². The molecule has 0 atom stereocenters. The van der Waals surface area contributed by atoms with E-state index in [0.29, 0.717) is 17.8 Å². The zero-order valence-corrected chi connectivity index (χ0v) is 57.8. The predicted octanol–water partition coefficient (Wildman–Crippen LogP) is 23.4. The summed E-state index contributed by atoms with van der Waals surface area (Å²) in [5.41, 5.74) is 24.9. The molecule has 0 amide bonds. The molecule has 0 saturated heterocycles. The number of nitrogens with zero attached hydrogens (tertiary/aromatic N) is 6. The summed E-state index contributed by atoms with van der Waals surface area (Å²) in [5.74, 6) is 3.72. The van der Waals surface area contributed by atoms with Crippen LogP contribution >= 0.6 is 0 Å². The molecule has 0 fully saturated rings. The summed E-state index contributed by atoms with van der Waals surface area (Å²) >= 11 is 0.